The third kappa shape index (κ3) is 1.86. The van der Waals surface area contributed by atoms with E-state index >= 15 is 0 Å². The SMILES string of the molecule is COC(=O)c1cc2ccc(N(C)C)cc2n1C. The Bertz CT molecular complexity index is 570. The summed E-state index contributed by atoms with van der Waals surface area (Å²) in [6.07, 6.45) is 0. The Hall–Kier alpha value is -1.97. The average Bonchev–Trinajstić information content (AvgIpc) is 2.65. The Labute approximate surface area is 100 Å². The van der Waals surface area contributed by atoms with Crippen LogP contribution in [0.5, 0.6) is 0 Å². The molecule has 0 saturated heterocycles. The second-order valence-corrected chi connectivity index (χ2v) is 4.22. The van der Waals surface area contributed by atoms with Crippen LogP contribution in [0.2, 0.25) is 0 Å². The molecular formula is C13H16N2O2. The Morgan fingerprint density at radius 3 is 2.59 bits per heavy atom. The van der Waals surface area contributed by atoms with Crippen LogP contribution in [0.1, 0.15) is 10.5 Å². The van der Waals surface area contributed by atoms with Crippen LogP contribution >= 0.6 is 0 Å². The summed E-state index contributed by atoms with van der Waals surface area (Å²) in [4.78, 5) is 13.6. The lowest BCUT2D eigenvalue weighted by Gasteiger charge is -2.12. The number of esters is 1. The van der Waals surface area contributed by atoms with E-state index in [4.69, 9.17) is 4.74 Å². The van der Waals surface area contributed by atoms with E-state index in [1.807, 2.05) is 48.8 Å². The van der Waals surface area contributed by atoms with Gasteiger partial charge < -0.3 is 14.2 Å². The highest BCUT2D eigenvalue weighted by Gasteiger charge is 2.13. The largest absolute Gasteiger partial charge is 0.464 e. The molecule has 2 aromatic rings. The van der Waals surface area contributed by atoms with E-state index < -0.39 is 0 Å². The van der Waals surface area contributed by atoms with E-state index in [0.717, 1.165) is 16.6 Å². The minimum atomic E-state index is -0.310. The van der Waals surface area contributed by atoms with Crippen molar-refractivity contribution < 1.29 is 9.53 Å². The van der Waals surface area contributed by atoms with E-state index in [0.29, 0.717) is 5.69 Å². The highest BCUT2D eigenvalue weighted by Crippen LogP contribution is 2.24. The van der Waals surface area contributed by atoms with Gasteiger partial charge in [0.1, 0.15) is 5.69 Å². The van der Waals surface area contributed by atoms with Crippen LogP contribution in [0.25, 0.3) is 10.9 Å². The summed E-state index contributed by atoms with van der Waals surface area (Å²) in [7, 11) is 7.25. The molecule has 0 unspecified atom stereocenters. The number of ether oxygens (including phenoxy) is 1. The zero-order valence-electron chi connectivity index (χ0n) is 10.5. The molecule has 1 aromatic heterocycles. The second kappa shape index (κ2) is 4.13. The van der Waals surface area contributed by atoms with Gasteiger partial charge in [-0.3, -0.25) is 0 Å². The van der Waals surface area contributed by atoms with Gasteiger partial charge in [0.2, 0.25) is 0 Å². The molecule has 1 aromatic carbocycles. The highest BCUT2D eigenvalue weighted by atomic mass is 16.5. The molecule has 0 radical (unpaired) electrons. The fourth-order valence-electron chi connectivity index (χ4n) is 1.90. The van der Waals surface area contributed by atoms with E-state index in [-0.39, 0.29) is 5.97 Å². The van der Waals surface area contributed by atoms with Crippen molar-refractivity contribution in [2.75, 3.05) is 26.1 Å². The molecule has 0 aliphatic heterocycles. The lowest BCUT2D eigenvalue weighted by Crippen LogP contribution is -2.09. The summed E-state index contributed by atoms with van der Waals surface area (Å²) in [5.74, 6) is -0.310. The fourth-order valence-corrected chi connectivity index (χ4v) is 1.90. The Balaban J connectivity index is 2.62. The van der Waals surface area contributed by atoms with Gasteiger partial charge >= 0.3 is 5.97 Å². The summed E-state index contributed by atoms with van der Waals surface area (Å²) in [6.45, 7) is 0. The number of hydrogen-bond acceptors (Lipinski definition) is 3. The molecule has 0 saturated carbocycles. The number of carbonyl (C=O) groups excluding carboxylic acids is 1. The normalized spacial score (nSPS) is 10.6. The predicted molar refractivity (Wildman–Crippen MR) is 68.6 cm³/mol. The molecule has 4 heteroatoms. The number of aromatic nitrogens is 1. The van der Waals surface area contributed by atoms with Crippen molar-refractivity contribution in [3.05, 3.63) is 30.0 Å². The molecule has 0 N–H and O–H groups in total. The van der Waals surface area contributed by atoms with Gasteiger partial charge in [-0.2, -0.15) is 0 Å². The molecule has 4 nitrogen and oxygen atoms in total. The lowest BCUT2D eigenvalue weighted by molar-refractivity contribution is 0.0590. The summed E-state index contributed by atoms with van der Waals surface area (Å²) in [5, 5.41) is 1.04. The number of carbonyl (C=O) groups is 1. The molecule has 0 aliphatic rings. The number of hydrogen-bond donors (Lipinski definition) is 0. The summed E-state index contributed by atoms with van der Waals surface area (Å²) >= 11 is 0. The van der Waals surface area contributed by atoms with Crippen molar-refractivity contribution in [2.24, 2.45) is 7.05 Å². The van der Waals surface area contributed by atoms with Crippen LogP contribution in [0.15, 0.2) is 24.3 Å². The molecular weight excluding hydrogens is 216 g/mol. The summed E-state index contributed by atoms with van der Waals surface area (Å²) in [5.41, 5.74) is 2.70. The molecule has 0 aliphatic carbocycles. The summed E-state index contributed by atoms with van der Waals surface area (Å²) < 4.78 is 6.61. The zero-order valence-corrected chi connectivity index (χ0v) is 10.5. The maximum atomic E-state index is 11.6. The van der Waals surface area contributed by atoms with E-state index in [1.165, 1.54) is 7.11 Å². The van der Waals surface area contributed by atoms with Crippen LogP contribution in [0, 0.1) is 0 Å². The Morgan fingerprint density at radius 2 is 2.00 bits per heavy atom. The first-order valence-corrected chi connectivity index (χ1v) is 5.39. The van der Waals surface area contributed by atoms with Crippen molar-refractivity contribution in [3.8, 4) is 0 Å². The van der Waals surface area contributed by atoms with Gasteiger partial charge in [-0.05, 0) is 18.2 Å². The van der Waals surface area contributed by atoms with Gasteiger partial charge in [-0.25, -0.2) is 4.79 Å². The third-order valence-electron chi connectivity index (χ3n) is 2.94. The van der Waals surface area contributed by atoms with Crippen molar-refractivity contribution in [1.82, 2.24) is 4.57 Å². The standard InChI is InChI=1S/C13H16N2O2/c1-14(2)10-6-5-9-7-12(13(16)17-4)15(3)11(9)8-10/h5-8H,1-4H3. The van der Waals surface area contributed by atoms with Crippen LogP contribution in [-0.4, -0.2) is 31.7 Å². The van der Waals surface area contributed by atoms with Gasteiger partial charge in [0, 0.05) is 32.2 Å². The van der Waals surface area contributed by atoms with E-state index in [2.05, 4.69) is 6.07 Å². The van der Waals surface area contributed by atoms with Crippen LogP contribution in [0.4, 0.5) is 5.69 Å². The van der Waals surface area contributed by atoms with Gasteiger partial charge in [-0.1, -0.05) is 6.07 Å². The molecule has 17 heavy (non-hydrogen) atoms. The number of fused-ring (bicyclic) bond motifs is 1. The van der Waals surface area contributed by atoms with Crippen molar-refractivity contribution in [1.29, 1.82) is 0 Å². The number of rotatable bonds is 2. The topological polar surface area (TPSA) is 34.5 Å². The molecule has 1 heterocycles. The Kier molecular flexibility index (Phi) is 2.79. The van der Waals surface area contributed by atoms with Gasteiger partial charge in [-0.15, -0.1) is 0 Å². The number of nitrogens with zero attached hydrogens (tertiary/aromatic N) is 2. The predicted octanol–water partition coefficient (Wildman–Crippen LogP) is 2.03. The monoisotopic (exact) mass is 232 g/mol. The molecule has 0 fully saturated rings. The molecule has 0 atom stereocenters. The van der Waals surface area contributed by atoms with Crippen LogP contribution in [-0.2, 0) is 11.8 Å². The zero-order chi connectivity index (χ0) is 12.6. The number of aryl methyl sites for hydroxylation is 1. The average molecular weight is 232 g/mol. The van der Waals surface area contributed by atoms with Crippen molar-refractivity contribution >= 4 is 22.6 Å². The van der Waals surface area contributed by atoms with E-state index in [1.54, 1.807) is 0 Å². The minimum Gasteiger partial charge on any atom is -0.464 e. The third-order valence-corrected chi connectivity index (χ3v) is 2.94. The first-order valence-electron chi connectivity index (χ1n) is 5.39. The van der Waals surface area contributed by atoms with Crippen molar-refractivity contribution in [3.63, 3.8) is 0 Å². The molecule has 90 valence electrons. The molecule has 0 amide bonds. The highest BCUT2D eigenvalue weighted by molar-refractivity contribution is 5.96. The first kappa shape index (κ1) is 11.5. The van der Waals surface area contributed by atoms with Gasteiger partial charge in [0.15, 0.2) is 0 Å². The molecule has 2 rings (SSSR count). The van der Waals surface area contributed by atoms with Crippen LogP contribution < -0.4 is 4.90 Å². The lowest BCUT2D eigenvalue weighted by atomic mass is 10.2. The first-order chi connectivity index (χ1) is 8.04. The quantitative estimate of drug-likeness (QED) is 0.743. The minimum absolute atomic E-state index is 0.310. The second-order valence-electron chi connectivity index (χ2n) is 4.22. The van der Waals surface area contributed by atoms with Gasteiger partial charge in [0.05, 0.1) is 12.6 Å². The van der Waals surface area contributed by atoms with Crippen molar-refractivity contribution in [2.45, 2.75) is 0 Å². The van der Waals surface area contributed by atoms with E-state index in [9.17, 15) is 4.79 Å². The molecule has 0 spiro atoms. The smallest absolute Gasteiger partial charge is 0.354 e. The van der Waals surface area contributed by atoms with Gasteiger partial charge in [0.25, 0.3) is 0 Å². The van der Waals surface area contributed by atoms with Crippen LogP contribution in [0.3, 0.4) is 0 Å². The number of anilines is 1. The molecule has 0 bridgehead atoms. The fraction of sp³-hybridized carbons (Fsp3) is 0.308. The summed E-state index contributed by atoms with van der Waals surface area (Å²) in [6, 6.07) is 7.95. The maximum absolute atomic E-state index is 11.6. The Morgan fingerprint density at radius 1 is 1.29 bits per heavy atom. The maximum Gasteiger partial charge on any atom is 0.354 e. The number of methoxy groups -OCH3 is 1. The number of benzene rings is 1.